The minimum Gasteiger partial charge on any atom is -0.375 e. The Bertz CT molecular complexity index is 377. The summed E-state index contributed by atoms with van der Waals surface area (Å²) in [6, 6.07) is 0.0565. The first-order valence-corrected chi connectivity index (χ1v) is 5.95. The number of nitrogens with two attached hydrogens (primary N) is 1. The first-order valence-electron chi connectivity index (χ1n) is 5.07. The fourth-order valence-electron chi connectivity index (χ4n) is 1.28. The number of aromatic nitrogens is 1. The minimum absolute atomic E-state index is 0.0565. The monoisotopic (exact) mass is 240 g/mol. The maximum atomic E-state index is 11.9. The van der Waals surface area contributed by atoms with Gasteiger partial charge in [0.15, 0.2) is 5.13 Å². The van der Waals surface area contributed by atoms with Crippen molar-refractivity contribution in [1.82, 2.24) is 9.99 Å². The van der Waals surface area contributed by atoms with E-state index in [1.165, 1.54) is 16.3 Å². The molecule has 0 aliphatic rings. The van der Waals surface area contributed by atoms with Gasteiger partial charge in [-0.1, -0.05) is 6.92 Å². The Morgan fingerprint density at radius 2 is 2.50 bits per heavy atom. The smallest absolute Gasteiger partial charge is 0.248 e. The fourth-order valence-corrected chi connectivity index (χ4v) is 1.84. The Hall–Kier alpha value is -1.43. The fraction of sp³-hybridized carbons (Fsp3) is 0.500. The Labute approximate surface area is 99.0 Å². The highest BCUT2D eigenvalue weighted by Crippen LogP contribution is 2.13. The first-order chi connectivity index (χ1) is 7.58. The molecule has 88 valence electrons. The lowest BCUT2D eigenvalue weighted by atomic mass is 10.2. The van der Waals surface area contributed by atoms with Crippen LogP contribution in [0, 0.1) is 0 Å². The van der Waals surface area contributed by atoms with Gasteiger partial charge in [-0.3, -0.25) is 4.79 Å². The molecule has 0 fully saturated rings. The number of rotatable bonds is 5. The van der Waals surface area contributed by atoms with Crippen molar-refractivity contribution in [3.8, 4) is 0 Å². The van der Waals surface area contributed by atoms with Crippen LogP contribution in [0.5, 0.6) is 0 Å². The van der Waals surface area contributed by atoms with Gasteiger partial charge < -0.3 is 5.73 Å². The molecule has 1 amide bonds. The molecule has 1 atom stereocenters. The number of nitrogens with zero attached hydrogens (tertiary/aromatic N) is 3. The molecule has 1 unspecified atom stereocenters. The van der Waals surface area contributed by atoms with Crippen LogP contribution in [0.3, 0.4) is 0 Å². The molecular weight excluding hydrogens is 224 g/mol. The lowest BCUT2D eigenvalue weighted by molar-refractivity contribution is -0.132. The van der Waals surface area contributed by atoms with Crippen molar-refractivity contribution in [1.29, 1.82) is 0 Å². The second-order valence-corrected chi connectivity index (χ2v) is 4.38. The molecule has 0 aliphatic carbocycles. The largest absolute Gasteiger partial charge is 0.375 e. The number of carbonyl (C=O) groups excluding carboxylic acids is 1. The number of nitrogen functional groups attached to an aromatic ring is 1. The van der Waals surface area contributed by atoms with E-state index in [2.05, 4.69) is 16.8 Å². The molecule has 1 heterocycles. The van der Waals surface area contributed by atoms with E-state index < -0.39 is 0 Å². The summed E-state index contributed by atoms with van der Waals surface area (Å²) in [6.45, 7) is 7.34. The third-order valence-electron chi connectivity index (χ3n) is 2.32. The summed E-state index contributed by atoms with van der Waals surface area (Å²) in [5, 5.41) is 7.40. The van der Waals surface area contributed by atoms with E-state index in [-0.39, 0.29) is 18.4 Å². The zero-order chi connectivity index (χ0) is 12.1. The van der Waals surface area contributed by atoms with E-state index >= 15 is 0 Å². The van der Waals surface area contributed by atoms with Crippen molar-refractivity contribution in [2.24, 2.45) is 5.10 Å². The summed E-state index contributed by atoms with van der Waals surface area (Å²) in [4.78, 5) is 15.9. The number of hydrogen-bond acceptors (Lipinski definition) is 5. The standard InChI is InChI=1S/C10H16N4OS/c1-4-7(2)14(12-3)9(15)5-8-6-16-10(11)13-8/h6-7H,3-5H2,1-2H3,(H2,11,13). The third kappa shape index (κ3) is 3.03. The van der Waals surface area contributed by atoms with Crippen LogP contribution in [0.4, 0.5) is 5.13 Å². The molecule has 0 saturated heterocycles. The zero-order valence-corrected chi connectivity index (χ0v) is 10.3. The summed E-state index contributed by atoms with van der Waals surface area (Å²) in [5.74, 6) is -0.102. The van der Waals surface area contributed by atoms with Gasteiger partial charge in [-0.05, 0) is 13.3 Å². The highest BCUT2D eigenvalue weighted by Gasteiger charge is 2.18. The number of anilines is 1. The summed E-state index contributed by atoms with van der Waals surface area (Å²) >= 11 is 1.33. The van der Waals surface area contributed by atoms with Crippen LogP contribution < -0.4 is 5.73 Å². The van der Waals surface area contributed by atoms with Gasteiger partial charge in [-0.15, -0.1) is 11.3 Å². The first kappa shape index (κ1) is 12.6. The number of carbonyl (C=O) groups is 1. The van der Waals surface area contributed by atoms with Crippen molar-refractivity contribution >= 4 is 29.1 Å². The van der Waals surface area contributed by atoms with E-state index in [0.717, 1.165) is 6.42 Å². The van der Waals surface area contributed by atoms with E-state index in [1.54, 1.807) is 5.38 Å². The molecule has 0 saturated carbocycles. The highest BCUT2D eigenvalue weighted by molar-refractivity contribution is 7.13. The second-order valence-electron chi connectivity index (χ2n) is 3.49. The number of hydrazone groups is 1. The predicted molar refractivity (Wildman–Crippen MR) is 66.4 cm³/mol. The number of hydrogen-bond donors (Lipinski definition) is 1. The lowest BCUT2D eigenvalue weighted by Gasteiger charge is -2.22. The second kappa shape index (κ2) is 5.60. The predicted octanol–water partition coefficient (Wildman–Crippen LogP) is 1.51. The minimum atomic E-state index is -0.102. The van der Waals surface area contributed by atoms with Gasteiger partial charge in [0, 0.05) is 12.1 Å². The average molecular weight is 240 g/mol. The van der Waals surface area contributed by atoms with Crippen molar-refractivity contribution < 1.29 is 4.79 Å². The van der Waals surface area contributed by atoms with Crippen LogP contribution in [-0.2, 0) is 11.2 Å². The van der Waals surface area contributed by atoms with Crippen LogP contribution in [0.1, 0.15) is 26.0 Å². The molecule has 6 heteroatoms. The Kier molecular flexibility index (Phi) is 4.42. The topological polar surface area (TPSA) is 71.6 Å². The Morgan fingerprint density at radius 1 is 1.81 bits per heavy atom. The van der Waals surface area contributed by atoms with Crippen LogP contribution in [-0.4, -0.2) is 28.7 Å². The Balaban J connectivity index is 2.66. The molecule has 0 spiro atoms. The van der Waals surface area contributed by atoms with Crippen LogP contribution in [0.15, 0.2) is 10.5 Å². The number of thiazole rings is 1. The quantitative estimate of drug-likeness (QED) is 0.626. The molecule has 0 radical (unpaired) electrons. The molecule has 1 aromatic heterocycles. The summed E-state index contributed by atoms with van der Waals surface area (Å²) in [7, 11) is 0. The van der Waals surface area contributed by atoms with Crippen molar-refractivity contribution in [3.05, 3.63) is 11.1 Å². The van der Waals surface area contributed by atoms with Gasteiger partial charge in [-0.2, -0.15) is 5.10 Å². The van der Waals surface area contributed by atoms with Crippen molar-refractivity contribution in [3.63, 3.8) is 0 Å². The molecule has 0 aliphatic heterocycles. The SMILES string of the molecule is C=NN(C(=O)Cc1csc(N)n1)C(C)CC. The van der Waals surface area contributed by atoms with Gasteiger partial charge in [0.2, 0.25) is 5.91 Å². The van der Waals surface area contributed by atoms with Crippen LogP contribution in [0.25, 0.3) is 0 Å². The molecule has 16 heavy (non-hydrogen) atoms. The Morgan fingerprint density at radius 3 is 2.94 bits per heavy atom. The van der Waals surface area contributed by atoms with Gasteiger partial charge in [0.05, 0.1) is 18.2 Å². The van der Waals surface area contributed by atoms with Gasteiger partial charge in [0.25, 0.3) is 0 Å². The molecule has 1 rings (SSSR count). The van der Waals surface area contributed by atoms with Gasteiger partial charge in [-0.25, -0.2) is 9.99 Å². The normalized spacial score (nSPS) is 12.1. The molecule has 0 bridgehead atoms. The van der Waals surface area contributed by atoms with E-state index in [0.29, 0.717) is 10.8 Å². The summed E-state index contributed by atoms with van der Waals surface area (Å²) in [5.41, 5.74) is 6.18. The van der Waals surface area contributed by atoms with Gasteiger partial charge in [0.1, 0.15) is 0 Å². The molecule has 2 N–H and O–H groups in total. The average Bonchev–Trinajstić information content (AvgIpc) is 2.64. The number of amides is 1. The molecule has 5 nitrogen and oxygen atoms in total. The van der Waals surface area contributed by atoms with Crippen LogP contribution >= 0.6 is 11.3 Å². The summed E-state index contributed by atoms with van der Waals surface area (Å²) in [6.07, 6.45) is 1.06. The van der Waals surface area contributed by atoms with Crippen molar-refractivity contribution in [2.75, 3.05) is 5.73 Å². The lowest BCUT2D eigenvalue weighted by Crippen LogP contribution is -2.34. The summed E-state index contributed by atoms with van der Waals surface area (Å²) < 4.78 is 0. The van der Waals surface area contributed by atoms with Crippen LogP contribution in [0.2, 0.25) is 0 Å². The molecular formula is C10H16N4OS. The zero-order valence-electron chi connectivity index (χ0n) is 9.51. The highest BCUT2D eigenvalue weighted by atomic mass is 32.1. The molecule has 1 aromatic rings. The van der Waals surface area contributed by atoms with E-state index in [4.69, 9.17) is 5.73 Å². The molecule has 0 aromatic carbocycles. The third-order valence-corrected chi connectivity index (χ3v) is 3.04. The van der Waals surface area contributed by atoms with E-state index in [9.17, 15) is 4.79 Å². The maximum Gasteiger partial charge on any atom is 0.248 e. The van der Waals surface area contributed by atoms with Gasteiger partial charge >= 0.3 is 0 Å². The van der Waals surface area contributed by atoms with E-state index in [1.807, 2.05) is 13.8 Å². The van der Waals surface area contributed by atoms with Crippen molar-refractivity contribution in [2.45, 2.75) is 32.7 Å². The maximum absolute atomic E-state index is 11.9.